The highest BCUT2D eigenvalue weighted by molar-refractivity contribution is 14.1. The zero-order valence-corrected chi connectivity index (χ0v) is 11.0. The molecule has 0 fully saturated rings. The maximum absolute atomic E-state index is 11.2. The topological polar surface area (TPSA) is 26.3 Å². The molecule has 4 heteroatoms. The number of carbonyl (C=O) groups is 1. The minimum atomic E-state index is 0.0102. The summed E-state index contributed by atoms with van der Waals surface area (Å²) in [6.07, 6.45) is 0. The summed E-state index contributed by atoms with van der Waals surface area (Å²) < 4.78 is 6.97. The molecule has 0 aliphatic carbocycles. The molecule has 1 aromatic carbocycles. The monoisotopic (exact) mass is 354 g/mol. The molecule has 2 nitrogen and oxygen atoms in total. The van der Waals surface area contributed by atoms with Crippen LogP contribution in [-0.4, -0.2) is 12.9 Å². The average molecular weight is 355 g/mol. The van der Waals surface area contributed by atoms with Crippen LogP contribution in [0.15, 0.2) is 16.6 Å². The fourth-order valence-electron chi connectivity index (χ4n) is 1.03. The van der Waals surface area contributed by atoms with Crippen molar-refractivity contribution in [2.45, 2.75) is 6.92 Å². The summed E-state index contributed by atoms with van der Waals surface area (Å²) in [5.74, 6) is 0.660. The summed E-state index contributed by atoms with van der Waals surface area (Å²) in [4.78, 5) is 11.2. The zero-order chi connectivity index (χ0) is 10.0. The molecule has 0 saturated heterocycles. The van der Waals surface area contributed by atoms with Crippen LogP contribution < -0.4 is 4.74 Å². The Morgan fingerprint density at radius 1 is 1.54 bits per heavy atom. The average Bonchev–Trinajstić information content (AvgIpc) is 2.02. The zero-order valence-electron chi connectivity index (χ0n) is 7.23. The molecular weight excluding hydrogens is 347 g/mol. The molecule has 0 saturated carbocycles. The predicted octanol–water partition coefficient (Wildman–Crippen LogP) is 3.26. The van der Waals surface area contributed by atoms with Crippen LogP contribution in [0.2, 0.25) is 0 Å². The van der Waals surface area contributed by atoms with Crippen molar-refractivity contribution in [1.29, 1.82) is 0 Å². The Morgan fingerprint density at radius 3 is 2.62 bits per heavy atom. The second-order valence-corrected chi connectivity index (χ2v) is 4.60. The molecule has 0 aromatic heterocycles. The van der Waals surface area contributed by atoms with Crippen molar-refractivity contribution in [3.05, 3.63) is 25.7 Å². The molecule has 0 aliphatic heterocycles. The Balaban J connectivity index is 3.38. The largest absolute Gasteiger partial charge is 0.495 e. The maximum atomic E-state index is 11.2. The van der Waals surface area contributed by atoms with Gasteiger partial charge in [0.2, 0.25) is 0 Å². The van der Waals surface area contributed by atoms with Gasteiger partial charge in [-0.2, -0.15) is 0 Å². The first-order valence-corrected chi connectivity index (χ1v) is 5.47. The summed E-state index contributed by atoms with van der Waals surface area (Å²) in [5, 5.41) is 0. The van der Waals surface area contributed by atoms with Crippen LogP contribution in [0.1, 0.15) is 17.3 Å². The van der Waals surface area contributed by atoms with Crippen LogP contribution in [0.4, 0.5) is 0 Å². The van der Waals surface area contributed by atoms with E-state index in [2.05, 4.69) is 38.5 Å². The minimum Gasteiger partial charge on any atom is -0.495 e. The van der Waals surface area contributed by atoms with Gasteiger partial charge in [0.25, 0.3) is 0 Å². The number of Topliss-reactive ketones (excluding diaryl/α,β-unsaturated/α-hetero) is 1. The number of hydrogen-bond donors (Lipinski definition) is 0. The number of benzene rings is 1. The van der Waals surface area contributed by atoms with Gasteiger partial charge in [-0.15, -0.1) is 0 Å². The minimum absolute atomic E-state index is 0.0102. The molecule has 0 aliphatic rings. The third-order valence-corrected chi connectivity index (χ3v) is 2.85. The Morgan fingerprint density at radius 2 is 2.15 bits per heavy atom. The van der Waals surface area contributed by atoms with E-state index >= 15 is 0 Å². The molecule has 0 radical (unpaired) electrons. The van der Waals surface area contributed by atoms with Crippen molar-refractivity contribution in [2.75, 3.05) is 7.11 Å². The van der Waals surface area contributed by atoms with Crippen LogP contribution >= 0.6 is 38.5 Å². The molecule has 0 N–H and O–H groups in total. The lowest BCUT2D eigenvalue weighted by Crippen LogP contribution is -1.99. The molecule has 70 valence electrons. The molecule has 1 aromatic rings. The quantitative estimate of drug-likeness (QED) is 0.602. The van der Waals surface area contributed by atoms with Crippen LogP contribution in [0.25, 0.3) is 0 Å². The number of hydrogen-bond acceptors (Lipinski definition) is 2. The highest BCUT2D eigenvalue weighted by Gasteiger charge is 2.12. The summed E-state index contributed by atoms with van der Waals surface area (Å²) in [5.41, 5.74) is 0.612. The summed E-state index contributed by atoms with van der Waals surface area (Å²) in [6, 6.07) is 3.68. The number of methoxy groups -OCH3 is 1. The van der Waals surface area contributed by atoms with Gasteiger partial charge in [0.05, 0.1) is 16.2 Å². The van der Waals surface area contributed by atoms with Crippen LogP contribution in [0, 0.1) is 3.57 Å². The van der Waals surface area contributed by atoms with Crippen molar-refractivity contribution in [3.8, 4) is 5.75 Å². The highest BCUT2D eigenvalue weighted by Crippen LogP contribution is 2.29. The van der Waals surface area contributed by atoms with E-state index < -0.39 is 0 Å². The molecule has 0 unspecified atom stereocenters. The fraction of sp³-hybridized carbons (Fsp3) is 0.222. The summed E-state index contributed by atoms with van der Waals surface area (Å²) in [6.45, 7) is 1.53. The van der Waals surface area contributed by atoms with Crippen molar-refractivity contribution >= 4 is 44.3 Å². The van der Waals surface area contributed by atoms with E-state index in [0.717, 1.165) is 8.04 Å². The van der Waals surface area contributed by atoms with Gasteiger partial charge in [0, 0.05) is 4.47 Å². The van der Waals surface area contributed by atoms with Gasteiger partial charge in [-0.25, -0.2) is 0 Å². The first-order chi connectivity index (χ1) is 6.06. The van der Waals surface area contributed by atoms with Gasteiger partial charge < -0.3 is 4.74 Å². The lowest BCUT2D eigenvalue weighted by Gasteiger charge is -2.08. The summed E-state index contributed by atoms with van der Waals surface area (Å²) >= 11 is 5.47. The first-order valence-electron chi connectivity index (χ1n) is 3.60. The van der Waals surface area contributed by atoms with E-state index in [0.29, 0.717) is 11.3 Å². The molecule has 13 heavy (non-hydrogen) atoms. The standard InChI is InChI=1S/C9H8BrIO2/c1-5(12)7-3-6(10)4-8(11)9(7)13-2/h3-4H,1-2H3. The lowest BCUT2D eigenvalue weighted by atomic mass is 10.1. The van der Waals surface area contributed by atoms with Gasteiger partial charge >= 0.3 is 0 Å². The number of ketones is 1. The number of rotatable bonds is 2. The molecule has 0 bridgehead atoms. The van der Waals surface area contributed by atoms with Crippen molar-refractivity contribution in [1.82, 2.24) is 0 Å². The van der Waals surface area contributed by atoms with Gasteiger partial charge in [0.15, 0.2) is 5.78 Å². The van der Waals surface area contributed by atoms with E-state index in [9.17, 15) is 4.79 Å². The normalized spacial score (nSPS) is 9.85. The Labute approximate surface area is 98.9 Å². The summed E-state index contributed by atoms with van der Waals surface area (Å²) in [7, 11) is 1.57. The van der Waals surface area contributed by atoms with Crippen LogP contribution in [0.5, 0.6) is 5.75 Å². The molecule has 1 rings (SSSR count). The number of ether oxygens (including phenoxy) is 1. The van der Waals surface area contributed by atoms with Crippen molar-refractivity contribution in [2.24, 2.45) is 0 Å². The smallest absolute Gasteiger partial charge is 0.163 e. The second-order valence-electron chi connectivity index (χ2n) is 2.52. The highest BCUT2D eigenvalue weighted by atomic mass is 127. The van der Waals surface area contributed by atoms with Crippen LogP contribution in [0.3, 0.4) is 0 Å². The van der Waals surface area contributed by atoms with Gasteiger partial charge in [0.1, 0.15) is 5.75 Å². The number of halogens is 2. The first kappa shape index (κ1) is 11.0. The Hall–Kier alpha value is -0.100. The van der Waals surface area contributed by atoms with Gasteiger partial charge in [-0.1, -0.05) is 15.9 Å². The maximum Gasteiger partial charge on any atom is 0.163 e. The lowest BCUT2D eigenvalue weighted by molar-refractivity contribution is 0.101. The van der Waals surface area contributed by atoms with Gasteiger partial charge in [-0.3, -0.25) is 4.79 Å². The van der Waals surface area contributed by atoms with E-state index in [-0.39, 0.29) is 5.78 Å². The van der Waals surface area contributed by atoms with Gasteiger partial charge in [-0.05, 0) is 41.6 Å². The van der Waals surface area contributed by atoms with E-state index in [1.165, 1.54) is 6.92 Å². The molecule has 0 heterocycles. The SMILES string of the molecule is COc1c(I)cc(Br)cc1C(C)=O. The van der Waals surface area contributed by atoms with E-state index in [4.69, 9.17) is 4.74 Å². The Bertz CT molecular complexity index is 350. The molecule has 0 atom stereocenters. The third kappa shape index (κ3) is 2.43. The third-order valence-electron chi connectivity index (χ3n) is 1.59. The number of carbonyl (C=O) groups excluding carboxylic acids is 1. The van der Waals surface area contributed by atoms with E-state index in [1.54, 1.807) is 13.2 Å². The fourth-order valence-corrected chi connectivity index (χ4v) is 2.76. The predicted molar refractivity (Wildman–Crippen MR) is 63.4 cm³/mol. The molecular formula is C9H8BrIO2. The van der Waals surface area contributed by atoms with Crippen LogP contribution in [-0.2, 0) is 0 Å². The Kier molecular flexibility index (Phi) is 3.73. The molecule has 0 spiro atoms. The second kappa shape index (κ2) is 4.41. The van der Waals surface area contributed by atoms with E-state index in [1.807, 2.05) is 6.07 Å². The van der Waals surface area contributed by atoms with Crippen molar-refractivity contribution < 1.29 is 9.53 Å². The molecule has 0 amide bonds. The van der Waals surface area contributed by atoms with Crippen molar-refractivity contribution in [3.63, 3.8) is 0 Å².